The van der Waals surface area contributed by atoms with E-state index in [1.165, 1.54) is 5.56 Å². The van der Waals surface area contributed by atoms with E-state index in [0.717, 1.165) is 72.2 Å². The number of amides is 1. The molecular formula is C38H43ClN4O4. The van der Waals surface area contributed by atoms with Gasteiger partial charge in [-0.1, -0.05) is 54.9 Å². The number of aliphatic hydroxyl groups excluding tert-OH is 2. The third-order valence-corrected chi connectivity index (χ3v) is 9.60. The fourth-order valence-corrected chi connectivity index (χ4v) is 6.60. The normalized spacial score (nSPS) is 13.7. The lowest BCUT2D eigenvalue weighted by Gasteiger charge is -2.34. The van der Waals surface area contributed by atoms with Crippen molar-refractivity contribution in [3.05, 3.63) is 111 Å². The maximum absolute atomic E-state index is 13.6. The van der Waals surface area contributed by atoms with Crippen molar-refractivity contribution in [3.63, 3.8) is 0 Å². The van der Waals surface area contributed by atoms with Crippen molar-refractivity contribution < 1.29 is 19.8 Å². The number of hydrogen-bond acceptors (Lipinski definition) is 7. The minimum absolute atomic E-state index is 0.0813. The van der Waals surface area contributed by atoms with Gasteiger partial charge in [0.05, 0.1) is 17.3 Å². The summed E-state index contributed by atoms with van der Waals surface area (Å²) in [5.74, 6) is -0.416. The van der Waals surface area contributed by atoms with Gasteiger partial charge < -0.3 is 15.5 Å². The Morgan fingerprint density at radius 1 is 1.02 bits per heavy atom. The average molecular weight is 655 g/mol. The predicted octanol–water partition coefficient (Wildman–Crippen LogP) is 6.54. The number of carbonyl (C=O) groups excluding carboxylic acids is 2. The molecule has 8 nitrogen and oxygen atoms in total. The highest BCUT2D eigenvalue weighted by atomic mass is 35.5. The van der Waals surface area contributed by atoms with Gasteiger partial charge in [0, 0.05) is 49.6 Å². The van der Waals surface area contributed by atoms with E-state index in [1.54, 1.807) is 12.3 Å². The Bertz CT molecular complexity index is 1740. The summed E-state index contributed by atoms with van der Waals surface area (Å²) in [6, 6.07) is 16.9. The molecule has 246 valence electrons. The molecule has 1 amide bonds. The van der Waals surface area contributed by atoms with Crippen LogP contribution in [-0.2, 0) is 25.8 Å². The summed E-state index contributed by atoms with van der Waals surface area (Å²) in [6.45, 7) is 7.78. The number of halogens is 1. The fourth-order valence-electron chi connectivity index (χ4n) is 6.31. The first-order valence-electron chi connectivity index (χ1n) is 16.4. The van der Waals surface area contributed by atoms with Crippen molar-refractivity contribution in [2.24, 2.45) is 0 Å². The first kappa shape index (κ1) is 34.4. The number of aliphatic hydroxyl groups is 2. The SMILES string of the molecule is CCC(CO)N1CCc2c(C)cc(C(=O)Cc3cccc(-c4cccc(NC(=O)c5ccc(CCCCO)cn5)c4C)c3Cl)nc2C1. The number of pyridine rings is 2. The van der Waals surface area contributed by atoms with Crippen LogP contribution in [0.1, 0.15) is 80.7 Å². The summed E-state index contributed by atoms with van der Waals surface area (Å²) in [5.41, 5.74) is 8.75. The van der Waals surface area contributed by atoms with Gasteiger partial charge >= 0.3 is 0 Å². The van der Waals surface area contributed by atoms with Crippen LogP contribution in [-0.4, -0.2) is 62.6 Å². The van der Waals surface area contributed by atoms with Gasteiger partial charge in [-0.25, -0.2) is 4.98 Å². The summed E-state index contributed by atoms with van der Waals surface area (Å²) < 4.78 is 0. The Hall–Kier alpha value is -3.95. The molecule has 1 aliphatic rings. The standard InChI is InChI=1S/C38H43ClN4O4/c1-4-28(23-45)43-17-16-29-24(2)19-34(41-35(29)22-43)36(46)20-27-10-7-12-31(37(27)39)30-11-8-13-32(25(30)3)42-38(47)33-15-14-26(21-40-33)9-5-6-18-44/h7-8,10-15,19,21,28,44-45H,4-6,9,16-18,20,22-23H2,1-3H3,(H,42,47). The molecule has 9 heteroatoms. The largest absolute Gasteiger partial charge is 0.396 e. The van der Waals surface area contributed by atoms with Crippen LogP contribution in [0.3, 0.4) is 0 Å². The van der Waals surface area contributed by atoms with Crippen LogP contribution in [0.25, 0.3) is 11.1 Å². The monoisotopic (exact) mass is 654 g/mol. The third kappa shape index (κ3) is 7.96. The van der Waals surface area contributed by atoms with Crippen LogP contribution in [0.15, 0.2) is 60.8 Å². The second kappa shape index (κ2) is 15.8. The van der Waals surface area contributed by atoms with E-state index < -0.39 is 0 Å². The topological polar surface area (TPSA) is 116 Å². The summed E-state index contributed by atoms with van der Waals surface area (Å²) in [7, 11) is 0. The highest BCUT2D eigenvalue weighted by Crippen LogP contribution is 2.36. The molecule has 0 spiro atoms. The number of rotatable bonds is 13. The Kier molecular flexibility index (Phi) is 11.5. The molecule has 3 N–H and O–H groups in total. The lowest BCUT2D eigenvalue weighted by Crippen LogP contribution is -2.41. The smallest absolute Gasteiger partial charge is 0.274 e. The van der Waals surface area contributed by atoms with Crippen molar-refractivity contribution >= 4 is 29.0 Å². The molecule has 2 aromatic carbocycles. The molecular weight excluding hydrogens is 612 g/mol. The van der Waals surface area contributed by atoms with E-state index in [1.807, 2.05) is 62.4 Å². The summed E-state index contributed by atoms with van der Waals surface area (Å²) in [5, 5.41) is 22.3. The molecule has 47 heavy (non-hydrogen) atoms. The van der Waals surface area contributed by atoms with Crippen molar-refractivity contribution in [3.8, 4) is 11.1 Å². The number of anilines is 1. The highest BCUT2D eigenvalue weighted by molar-refractivity contribution is 6.34. The van der Waals surface area contributed by atoms with Crippen LogP contribution < -0.4 is 5.32 Å². The number of fused-ring (bicyclic) bond motifs is 1. The summed E-state index contributed by atoms with van der Waals surface area (Å²) in [4.78, 5) is 38.1. The number of aryl methyl sites for hydroxylation is 2. The number of unbranched alkanes of at least 4 members (excludes halogenated alkanes) is 1. The van der Waals surface area contributed by atoms with Gasteiger partial charge in [0.25, 0.3) is 5.91 Å². The van der Waals surface area contributed by atoms with E-state index in [0.29, 0.717) is 34.2 Å². The zero-order chi connectivity index (χ0) is 33.5. The average Bonchev–Trinajstić information content (AvgIpc) is 3.07. The van der Waals surface area contributed by atoms with Gasteiger partial charge in [0.2, 0.25) is 0 Å². The number of benzene rings is 2. The van der Waals surface area contributed by atoms with Crippen molar-refractivity contribution in [1.82, 2.24) is 14.9 Å². The molecule has 2 aromatic heterocycles. The Labute approximate surface area is 281 Å². The minimum Gasteiger partial charge on any atom is -0.396 e. The first-order chi connectivity index (χ1) is 22.7. The number of ketones is 1. The molecule has 0 fully saturated rings. The zero-order valence-electron chi connectivity index (χ0n) is 27.4. The number of hydrogen-bond donors (Lipinski definition) is 3. The van der Waals surface area contributed by atoms with Crippen molar-refractivity contribution in [1.29, 1.82) is 0 Å². The molecule has 0 saturated heterocycles. The Balaban J connectivity index is 1.33. The molecule has 0 aliphatic carbocycles. The van der Waals surface area contributed by atoms with E-state index in [2.05, 4.69) is 22.1 Å². The Morgan fingerprint density at radius 2 is 1.81 bits per heavy atom. The number of nitrogens with zero attached hydrogens (tertiary/aromatic N) is 3. The highest BCUT2D eigenvalue weighted by Gasteiger charge is 2.26. The van der Waals surface area contributed by atoms with Gasteiger partial charge in [-0.15, -0.1) is 0 Å². The number of Topliss-reactive ketones (excluding diaryl/α,β-unsaturated/α-hetero) is 1. The molecule has 0 radical (unpaired) electrons. The predicted molar refractivity (Wildman–Crippen MR) is 186 cm³/mol. The molecule has 0 saturated carbocycles. The van der Waals surface area contributed by atoms with Crippen molar-refractivity contribution in [2.75, 3.05) is 25.1 Å². The van der Waals surface area contributed by atoms with Crippen LogP contribution in [0.5, 0.6) is 0 Å². The lowest BCUT2D eigenvalue weighted by atomic mass is 9.94. The van der Waals surface area contributed by atoms with Crippen molar-refractivity contribution in [2.45, 2.75) is 71.9 Å². The van der Waals surface area contributed by atoms with Crippen LogP contribution >= 0.6 is 11.6 Å². The second-order valence-corrected chi connectivity index (χ2v) is 12.6. The van der Waals surface area contributed by atoms with Gasteiger partial charge in [-0.05, 0) is 97.5 Å². The Morgan fingerprint density at radius 3 is 2.53 bits per heavy atom. The molecule has 0 bridgehead atoms. The van der Waals surface area contributed by atoms with Crippen LogP contribution in [0.2, 0.25) is 5.02 Å². The molecule has 1 atom stereocenters. The molecule has 1 unspecified atom stereocenters. The second-order valence-electron chi connectivity index (χ2n) is 12.3. The summed E-state index contributed by atoms with van der Waals surface area (Å²) in [6.07, 6.45) is 5.91. The van der Waals surface area contributed by atoms with E-state index >= 15 is 0 Å². The van der Waals surface area contributed by atoms with Gasteiger partial charge in [0.15, 0.2) is 5.78 Å². The maximum atomic E-state index is 13.6. The fraction of sp³-hybridized carbons (Fsp3) is 0.368. The molecule has 1 aliphatic heterocycles. The number of carbonyl (C=O) groups is 2. The number of nitrogens with one attached hydrogen (secondary N) is 1. The van der Waals surface area contributed by atoms with Gasteiger partial charge in [-0.2, -0.15) is 0 Å². The molecule has 4 aromatic rings. The molecule has 3 heterocycles. The maximum Gasteiger partial charge on any atom is 0.274 e. The first-order valence-corrected chi connectivity index (χ1v) is 16.7. The van der Waals surface area contributed by atoms with Gasteiger partial charge in [-0.3, -0.25) is 19.5 Å². The van der Waals surface area contributed by atoms with Gasteiger partial charge in [0.1, 0.15) is 11.4 Å². The lowest BCUT2D eigenvalue weighted by molar-refractivity contribution is 0.0979. The van der Waals surface area contributed by atoms with Crippen LogP contribution in [0, 0.1) is 13.8 Å². The summed E-state index contributed by atoms with van der Waals surface area (Å²) >= 11 is 6.98. The quantitative estimate of drug-likeness (QED) is 0.111. The van der Waals surface area contributed by atoms with E-state index in [-0.39, 0.29) is 37.4 Å². The minimum atomic E-state index is -0.310. The zero-order valence-corrected chi connectivity index (χ0v) is 28.1. The van der Waals surface area contributed by atoms with Crippen LogP contribution in [0.4, 0.5) is 5.69 Å². The number of aromatic nitrogens is 2. The van der Waals surface area contributed by atoms with E-state index in [9.17, 15) is 14.7 Å². The third-order valence-electron chi connectivity index (χ3n) is 9.15. The van der Waals surface area contributed by atoms with E-state index in [4.69, 9.17) is 21.7 Å². The molecule has 5 rings (SSSR count).